The fourth-order valence-corrected chi connectivity index (χ4v) is 2.81. The van der Waals surface area contributed by atoms with Crippen LogP contribution in [0.15, 0.2) is 34.6 Å². The maximum atomic E-state index is 12.6. The van der Waals surface area contributed by atoms with Gasteiger partial charge in [0.2, 0.25) is 0 Å². The van der Waals surface area contributed by atoms with Gasteiger partial charge in [-0.05, 0) is 25.8 Å². The Balaban J connectivity index is 1.89. The third-order valence-corrected chi connectivity index (χ3v) is 4.22. The van der Waals surface area contributed by atoms with Crippen molar-refractivity contribution >= 4 is 17.3 Å². The summed E-state index contributed by atoms with van der Waals surface area (Å²) in [6, 6.07) is 8.29. The fourth-order valence-electron chi connectivity index (χ4n) is 2.08. The lowest BCUT2D eigenvalue weighted by atomic mass is 10.1. The van der Waals surface area contributed by atoms with Gasteiger partial charge in [0, 0.05) is 18.5 Å². The van der Waals surface area contributed by atoms with Crippen LogP contribution >= 0.6 is 11.3 Å². The van der Waals surface area contributed by atoms with Crippen LogP contribution in [0.5, 0.6) is 0 Å². The zero-order chi connectivity index (χ0) is 18.3. The number of nitrogens with one attached hydrogen (secondary N) is 2. The summed E-state index contributed by atoms with van der Waals surface area (Å²) in [6.07, 6.45) is -3.57. The number of nitrogens with zero attached hydrogens (tertiary/aromatic N) is 2. The Morgan fingerprint density at radius 1 is 1.20 bits per heavy atom. The average Bonchev–Trinajstić information content (AvgIpc) is 3.04. The molecule has 136 valence electrons. The van der Waals surface area contributed by atoms with E-state index in [0.29, 0.717) is 24.1 Å². The highest BCUT2D eigenvalue weighted by atomic mass is 32.1. The number of hydrogen-bond donors (Lipinski definition) is 2. The predicted octanol–water partition coefficient (Wildman–Crippen LogP) is 3.77. The van der Waals surface area contributed by atoms with Gasteiger partial charge in [-0.25, -0.2) is 9.98 Å². The van der Waals surface area contributed by atoms with E-state index in [1.54, 1.807) is 0 Å². The lowest BCUT2D eigenvalue weighted by Gasteiger charge is -2.11. The molecule has 0 saturated carbocycles. The monoisotopic (exact) mass is 370 g/mol. The second-order valence-corrected chi connectivity index (χ2v) is 6.42. The largest absolute Gasteiger partial charge is 0.434 e. The molecule has 0 atom stereocenters. The van der Waals surface area contributed by atoms with E-state index in [9.17, 15) is 13.2 Å². The summed E-state index contributed by atoms with van der Waals surface area (Å²) in [5, 5.41) is 7.62. The first-order chi connectivity index (χ1) is 11.9. The van der Waals surface area contributed by atoms with Crippen molar-refractivity contribution in [1.82, 2.24) is 15.6 Å². The molecule has 0 unspecified atom stereocenters. The van der Waals surface area contributed by atoms with Crippen LogP contribution < -0.4 is 10.6 Å². The van der Waals surface area contributed by atoms with Gasteiger partial charge in [-0.2, -0.15) is 13.2 Å². The van der Waals surface area contributed by atoms with E-state index in [0.717, 1.165) is 23.1 Å². The van der Waals surface area contributed by atoms with E-state index in [1.165, 1.54) is 11.1 Å². The second kappa shape index (κ2) is 8.84. The van der Waals surface area contributed by atoms with Crippen molar-refractivity contribution in [1.29, 1.82) is 0 Å². The minimum atomic E-state index is -4.41. The van der Waals surface area contributed by atoms with Crippen molar-refractivity contribution in [3.8, 4) is 0 Å². The number of thiazole rings is 1. The molecule has 4 nitrogen and oxygen atoms in total. The minimum absolute atomic E-state index is 0.112. The third kappa shape index (κ3) is 6.38. The van der Waals surface area contributed by atoms with Crippen LogP contribution in [0.1, 0.15) is 28.8 Å². The number of benzene rings is 1. The Labute approximate surface area is 149 Å². The molecule has 0 saturated heterocycles. The van der Waals surface area contributed by atoms with Gasteiger partial charge < -0.3 is 10.6 Å². The summed E-state index contributed by atoms with van der Waals surface area (Å²) in [6.45, 7) is 5.44. The molecule has 0 aliphatic carbocycles. The van der Waals surface area contributed by atoms with E-state index in [1.807, 2.05) is 13.8 Å². The van der Waals surface area contributed by atoms with Crippen molar-refractivity contribution in [2.24, 2.45) is 4.99 Å². The van der Waals surface area contributed by atoms with Crippen LogP contribution in [-0.2, 0) is 19.1 Å². The molecule has 0 radical (unpaired) electrons. The van der Waals surface area contributed by atoms with Gasteiger partial charge in [0.1, 0.15) is 5.01 Å². The predicted molar refractivity (Wildman–Crippen MR) is 94.8 cm³/mol. The van der Waals surface area contributed by atoms with E-state index >= 15 is 0 Å². The summed E-state index contributed by atoms with van der Waals surface area (Å²) < 4.78 is 37.7. The van der Waals surface area contributed by atoms with Gasteiger partial charge in [0.15, 0.2) is 11.7 Å². The van der Waals surface area contributed by atoms with Crippen LogP contribution in [-0.4, -0.2) is 24.0 Å². The van der Waals surface area contributed by atoms with Crippen LogP contribution in [0, 0.1) is 6.92 Å². The zero-order valence-electron chi connectivity index (χ0n) is 14.2. The molecule has 1 aromatic heterocycles. The van der Waals surface area contributed by atoms with E-state index in [2.05, 4.69) is 44.9 Å². The first kappa shape index (κ1) is 19.2. The molecule has 0 aliphatic rings. The fraction of sp³-hybridized carbons (Fsp3) is 0.412. The number of aliphatic imine (C=N–C) groups is 1. The van der Waals surface area contributed by atoms with Crippen LogP contribution in [0.2, 0.25) is 0 Å². The highest BCUT2D eigenvalue weighted by Crippen LogP contribution is 2.30. The molecule has 1 aromatic carbocycles. The van der Waals surface area contributed by atoms with Crippen molar-refractivity contribution in [2.75, 3.05) is 13.1 Å². The quantitative estimate of drug-likeness (QED) is 0.601. The molecule has 0 aliphatic heterocycles. The lowest BCUT2D eigenvalue weighted by Crippen LogP contribution is -2.38. The number of aryl methyl sites for hydroxylation is 1. The Morgan fingerprint density at radius 2 is 1.92 bits per heavy atom. The number of alkyl halides is 3. The summed E-state index contributed by atoms with van der Waals surface area (Å²) in [5.41, 5.74) is 1.57. The van der Waals surface area contributed by atoms with Gasteiger partial charge in [-0.1, -0.05) is 29.8 Å². The standard InChI is InChI=1S/C17H21F3N4S/c1-3-21-16(22-9-8-13-6-4-12(2)5-7-13)23-10-15-24-14(11-25-15)17(18,19)20/h4-7,11H,3,8-10H2,1-2H3,(H2,21,22,23). The molecule has 0 fully saturated rings. The van der Waals surface area contributed by atoms with Crippen LogP contribution in [0.4, 0.5) is 13.2 Å². The van der Waals surface area contributed by atoms with Gasteiger partial charge >= 0.3 is 6.18 Å². The topological polar surface area (TPSA) is 49.3 Å². The van der Waals surface area contributed by atoms with Crippen LogP contribution in [0.3, 0.4) is 0 Å². The first-order valence-corrected chi connectivity index (χ1v) is 8.85. The SMILES string of the molecule is CCNC(=NCc1nc(C(F)(F)F)cs1)NCCc1ccc(C)cc1. The second-order valence-electron chi connectivity index (χ2n) is 5.48. The van der Waals surface area contributed by atoms with E-state index < -0.39 is 11.9 Å². The lowest BCUT2D eigenvalue weighted by molar-refractivity contribution is -0.140. The summed E-state index contributed by atoms with van der Waals surface area (Å²) in [7, 11) is 0. The Kier molecular flexibility index (Phi) is 6.81. The van der Waals surface area contributed by atoms with Crippen molar-refractivity contribution in [3.05, 3.63) is 51.5 Å². The number of aromatic nitrogens is 1. The highest BCUT2D eigenvalue weighted by molar-refractivity contribution is 7.09. The molecule has 1 heterocycles. The Bertz CT molecular complexity index is 693. The maximum absolute atomic E-state index is 12.6. The molecule has 0 bridgehead atoms. The molecular formula is C17H21F3N4S. The molecule has 2 N–H and O–H groups in total. The number of guanidine groups is 1. The summed E-state index contributed by atoms with van der Waals surface area (Å²) in [5.74, 6) is 0.568. The van der Waals surface area contributed by atoms with Gasteiger partial charge in [0.25, 0.3) is 0 Å². The summed E-state index contributed by atoms with van der Waals surface area (Å²) >= 11 is 0.965. The minimum Gasteiger partial charge on any atom is -0.357 e. The van der Waals surface area contributed by atoms with Crippen molar-refractivity contribution in [3.63, 3.8) is 0 Å². The Hall–Kier alpha value is -2.09. The maximum Gasteiger partial charge on any atom is 0.434 e. The summed E-state index contributed by atoms with van der Waals surface area (Å²) in [4.78, 5) is 7.88. The number of rotatable bonds is 6. The molecule has 8 heteroatoms. The van der Waals surface area contributed by atoms with Crippen molar-refractivity contribution in [2.45, 2.75) is 33.0 Å². The molecular weight excluding hydrogens is 349 g/mol. The Morgan fingerprint density at radius 3 is 2.52 bits per heavy atom. The normalized spacial score (nSPS) is 12.3. The number of hydrogen-bond acceptors (Lipinski definition) is 3. The van der Waals surface area contributed by atoms with E-state index in [4.69, 9.17) is 0 Å². The average molecular weight is 370 g/mol. The van der Waals surface area contributed by atoms with E-state index in [-0.39, 0.29) is 6.54 Å². The van der Waals surface area contributed by atoms with Gasteiger partial charge in [-0.3, -0.25) is 0 Å². The molecule has 2 aromatic rings. The van der Waals surface area contributed by atoms with Gasteiger partial charge in [-0.15, -0.1) is 11.3 Å². The zero-order valence-corrected chi connectivity index (χ0v) is 15.0. The van der Waals surface area contributed by atoms with Gasteiger partial charge in [0.05, 0.1) is 6.54 Å². The highest BCUT2D eigenvalue weighted by Gasteiger charge is 2.33. The smallest absolute Gasteiger partial charge is 0.357 e. The molecule has 0 spiro atoms. The molecule has 25 heavy (non-hydrogen) atoms. The van der Waals surface area contributed by atoms with Crippen molar-refractivity contribution < 1.29 is 13.2 Å². The molecule has 2 rings (SSSR count). The number of halogens is 3. The van der Waals surface area contributed by atoms with Crippen LogP contribution in [0.25, 0.3) is 0 Å². The third-order valence-electron chi connectivity index (χ3n) is 3.39. The molecule has 0 amide bonds. The first-order valence-electron chi connectivity index (χ1n) is 7.98.